The Balaban J connectivity index is 2.93. The number of hydrogen-bond acceptors (Lipinski definition) is 3. The van der Waals surface area contributed by atoms with E-state index in [1.54, 1.807) is 0 Å². The number of fused-ring (bicyclic) bond motifs is 1. The molecule has 2 N–H and O–H groups in total. The van der Waals surface area contributed by atoms with Gasteiger partial charge in [0, 0.05) is 0 Å². The molecule has 0 radical (unpaired) electrons. The summed E-state index contributed by atoms with van der Waals surface area (Å²) in [6.45, 7) is 0. The topological polar surface area (TPSA) is 52.0 Å². The molecule has 0 fully saturated rings. The molecule has 0 unspecified atom stereocenters. The SMILES string of the molecule is Nc1noc2ccccc12. The fourth-order valence-corrected chi connectivity index (χ4v) is 0.905. The van der Waals surface area contributed by atoms with E-state index in [-0.39, 0.29) is 0 Å². The summed E-state index contributed by atoms with van der Waals surface area (Å²) in [6.07, 6.45) is 0. The molecule has 2 aromatic rings. The highest BCUT2D eigenvalue weighted by Crippen LogP contribution is 2.18. The van der Waals surface area contributed by atoms with Gasteiger partial charge in [0.1, 0.15) is 0 Å². The quantitative estimate of drug-likeness (QED) is 0.592. The number of rotatable bonds is 0. The van der Waals surface area contributed by atoms with Crippen molar-refractivity contribution in [3.05, 3.63) is 24.3 Å². The molecule has 0 aliphatic rings. The van der Waals surface area contributed by atoms with Crippen LogP contribution in [0.25, 0.3) is 11.0 Å². The highest BCUT2D eigenvalue weighted by molar-refractivity contribution is 5.86. The van der Waals surface area contributed by atoms with Crippen LogP contribution in [0.2, 0.25) is 0 Å². The number of nitrogens with two attached hydrogens (primary N) is 1. The monoisotopic (exact) mass is 134 g/mol. The maximum atomic E-state index is 5.47. The second-order valence-corrected chi connectivity index (χ2v) is 2.06. The van der Waals surface area contributed by atoms with Crippen molar-refractivity contribution in [2.75, 3.05) is 5.73 Å². The number of para-hydroxylation sites is 1. The van der Waals surface area contributed by atoms with E-state index >= 15 is 0 Å². The Kier molecular flexibility index (Phi) is 0.917. The van der Waals surface area contributed by atoms with Gasteiger partial charge in [-0.05, 0) is 12.1 Å². The Hall–Kier alpha value is -1.51. The molecule has 3 nitrogen and oxygen atoms in total. The van der Waals surface area contributed by atoms with Crippen molar-refractivity contribution in [3.8, 4) is 0 Å². The molecular weight excluding hydrogens is 128 g/mol. The lowest BCUT2D eigenvalue weighted by molar-refractivity contribution is 0.460. The Morgan fingerprint density at radius 3 is 2.90 bits per heavy atom. The van der Waals surface area contributed by atoms with Crippen LogP contribution < -0.4 is 5.73 Å². The highest BCUT2D eigenvalue weighted by atomic mass is 16.5. The first-order valence-electron chi connectivity index (χ1n) is 2.98. The highest BCUT2D eigenvalue weighted by Gasteiger charge is 2.00. The molecule has 0 spiro atoms. The van der Waals surface area contributed by atoms with Crippen LogP contribution in [0.1, 0.15) is 0 Å². The molecule has 2 rings (SSSR count). The fraction of sp³-hybridized carbons (Fsp3) is 0. The summed E-state index contributed by atoms with van der Waals surface area (Å²) in [5, 5.41) is 4.48. The Labute approximate surface area is 57.4 Å². The van der Waals surface area contributed by atoms with Gasteiger partial charge < -0.3 is 10.3 Å². The molecule has 0 aliphatic heterocycles. The van der Waals surface area contributed by atoms with Gasteiger partial charge in [0.2, 0.25) is 0 Å². The van der Waals surface area contributed by atoms with Gasteiger partial charge in [-0.3, -0.25) is 0 Å². The third kappa shape index (κ3) is 0.572. The third-order valence-corrected chi connectivity index (χ3v) is 1.41. The first kappa shape index (κ1) is 5.29. The maximum absolute atomic E-state index is 5.47. The molecule has 0 saturated heterocycles. The van der Waals surface area contributed by atoms with E-state index < -0.39 is 0 Å². The number of nitrogen functional groups attached to an aromatic ring is 1. The van der Waals surface area contributed by atoms with Crippen molar-refractivity contribution in [1.29, 1.82) is 0 Å². The van der Waals surface area contributed by atoms with Gasteiger partial charge in [0.05, 0.1) is 5.39 Å². The summed E-state index contributed by atoms with van der Waals surface area (Å²) in [4.78, 5) is 0. The van der Waals surface area contributed by atoms with Gasteiger partial charge >= 0.3 is 0 Å². The average molecular weight is 134 g/mol. The molecular formula is C7H6N2O. The Morgan fingerprint density at radius 2 is 2.10 bits per heavy atom. The fourth-order valence-electron chi connectivity index (χ4n) is 0.905. The first-order chi connectivity index (χ1) is 4.88. The van der Waals surface area contributed by atoms with Gasteiger partial charge in [-0.15, -0.1) is 0 Å². The normalized spacial score (nSPS) is 10.4. The predicted molar refractivity (Wildman–Crippen MR) is 38.4 cm³/mol. The summed E-state index contributed by atoms with van der Waals surface area (Å²) in [5.41, 5.74) is 6.21. The van der Waals surface area contributed by atoms with Crippen LogP contribution in [0.5, 0.6) is 0 Å². The molecule has 3 heteroatoms. The van der Waals surface area contributed by atoms with Crippen molar-refractivity contribution >= 4 is 16.8 Å². The molecule has 1 aromatic carbocycles. The van der Waals surface area contributed by atoms with E-state index in [0.29, 0.717) is 5.82 Å². The Bertz CT molecular complexity index is 353. The van der Waals surface area contributed by atoms with Crippen LogP contribution in [0, 0.1) is 0 Å². The number of benzene rings is 1. The summed E-state index contributed by atoms with van der Waals surface area (Å²) >= 11 is 0. The van der Waals surface area contributed by atoms with Crippen LogP contribution in [0.3, 0.4) is 0 Å². The summed E-state index contributed by atoms with van der Waals surface area (Å²) in [6, 6.07) is 7.49. The van der Waals surface area contributed by atoms with Crippen LogP contribution in [-0.4, -0.2) is 5.16 Å². The molecule has 0 amide bonds. The summed E-state index contributed by atoms with van der Waals surface area (Å²) in [7, 11) is 0. The summed E-state index contributed by atoms with van der Waals surface area (Å²) < 4.78 is 4.87. The van der Waals surface area contributed by atoms with Crippen molar-refractivity contribution in [1.82, 2.24) is 5.16 Å². The smallest absolute Gasteiger partial charge is 0.174 e. The average Bonchev–Trinajstić information content (AvgIpc) is 2.34. The van der Waals surface area contributed by atoms with Gasteiger partial charge in [-0.25, -0.2) is 0 Å². The van der Waals surface area contributed by atoms with Crippen LogP contribution >= 0.6 is 0 Å². The lowest BCUT2D eigenvalue weighted by atomic mass is 10.2. The zero-order chi connectivity index (χ0) is 6.97. The molecule has 50 valence electrons. The molecule has 10 heavy (non-hydrogen) atoms. The zero-order valence-corrected chi connectivity index (χ0v) is 5.24. The van der Waals surface area contributed by atoms with Crippen molar-refractivity contribution in [2.24, 2.45) is 0 Å². The predicted octanol–water partition coefficient (Wildman–Crippen LogP) is 1.41. The molecule has 0 aliphatic carbocycles. The van der Waals surface area contributed by atoms with Crippen LogP contribution in [0.15, 0.2) is 28.8 Å². The lowest BCUT2D eigenvalue weighted by Gasteiger charge is -1.82. The minimum Gasteiger partial charge on any atom is -0.380 e. The van der Waals surface area contributed by atoms with E-state index in [9.17, 15) is 0 Å². The van der Waals surface area contributed by atoms with Gasteiger partial charge in [0.25, 0.3) is 0 Å². The van der Waals surface area contributed by atoms with E-state index in [1.165, 1.54) is 0 Å². The summed E-state index contributed by atoms with van der Waals surface area (Å²) in [5.74, 6) is 0.454. The largest absolute Gasteiger partial charge is 0.380 e. The number of anilines is 1. The van der Waals surface area contributed by atoms with E-state index in [2.05, 4.69) is 5.16 Å². The van der Waals surface area contributed by atoms with E-state index in [0.717, 1.165) is 11.0 Å². The lowest BCUT2D eigenvalue weighted by Crippen LogP contribution is -1.82. The van der Waals surface area contributed by atoms with Gasteiger partial charge in [-0.1, -0.05) is 17.3 Å². The molecule has 0 saturated carbocycles. The van der Waals surface area contributed by atoms with Crippen molar-refractivity contribution in [2.45, 2.75) is 0 Å². The second kappa shape index (κ2) is 1.73. The number of aromatic nitrogens is 1. The zero-order valence-electron chi connectivity index (χ0n) is 5.24. The third-order valence-electron chi connectivity index (χ3n) is 1.41. The molecule has 0 atom stereocenters. The molecule has 1 aromatic heterocycles. The first-order valence-corrected chi connectivity index (χ1v) is 2.98. The van der Waals surface area contributed by atoms with Crippen LogP contribution in [0.4, 0.5) is 5.82 Å². The minimum absolute atomic E-state index is 0.454. The van der Waals surface area contributed by atoms with Crippen molar-refractivity contribution < 1.29 is 4.52 Å². The van der Waals surface area contributed by atoms with Crippen molar-refractivity contribution in [3.63, 3.8) is 0 Å². The molecule has 0 bridgehead atoms. The van der Waals surface area contributed by atoms with E-state index in [1.807, 2.05) is 24.3 Å². The minimum atomic E-state index is 0.454. The standard InChI is InChI=1S/C7H6N2O/c8-7-5-3-1-2-4-6(5)10-9-7/h1-4H,(H2,8,9). The van der Waals surface area contributed by atoms with Gasteiger partial charge in [0.15, 0.2) is 11.4 Å². The van der Waals surface area contributed by atoms with Gasteiger partial charge in [-0.2, -0.15) is 0 Å². The molecule has 1 heterocycles. The number of hydrogen-bond donors (Lipinski definition) is 1. The number of nitrogens with zero attached hydrogens (tertiary/aromatic N) is 1. The Morgan fingerprint density at radius 1 is 1.30 bits per heavy atom. The van der Waals surface area contributed by atoms with Crippen LogP contribution in [-0.2, 0) is 0 Å². The maximum Gasteiger partial charge on any atom is 0.174 e. The van der Waals surface area contributed by atoms with E-state index in [4.69, 9.17) is 10.3 Å². The second-order valence-electron chi connectivity index (χ2n) is 2.06.